The van der Waals surface area contributed by atoms with Gasteiger partial charge in [-0.05, 0) is 315 Å². The number of hydrogen-bond acceptors (Lipinski definition) is 13. The van der Waals surface area contributed by atoms with Gasteiger partial charge in [-0.2, -0.15) is 0 Å². The van der Waals surface area contributed by atoms with Crippen LogP contribution in [0.25, 0.3) is 45.0 Å². The van der Waals surface area contributed by atoms with Crippen molar-refractivity contribution in [2.24, 2.45) is 44.2 Å². The van der Waals surface area contributed by atoms with Crippen LogP contribution in [0, 0.1) is 51.4 Å². The third kappa shape index (κ3) is 22.1. The van der Waals surface area contributed by atoms with Crippen LogP contribution < -0.4 is 39.5 Å². The van der Waals surface area contributed by atoms with E-state index in [4.69, 9.17) is 34.8 Å². The number of fused-ring (bicyclic) bond motifs is 5. The number of aromatic nitrogens is 4. The quantitative estimate of drug-likeness (QED) is 0.0503. The monoisotopic (exact) mass is 1930 g/mol. The maximum absolute atomic E-state index is 13.3. The predicted octanol–water partition coefficient (Wildman–Crippen LogP) is 22.5. The molecule has 18 rings (SSSR count). The Labute approximate surface area is 802 Å². The van der Waals surface area contributed by atoms with Crippen LogP contribution in [0.15, 0.2) is 103 Å². The first-order valence-electron chi connectivity index (χ1n) is 50.0. The smallest absolute Gasteiger partial charge is 0.241 e. The van der Waals surface area contributed by atoms with E-state index in [0.29, 0.717) is 47.2 Å². The van der Waals surface area contributed by atoms with Gasteiger partial charge in [-0.1, -0.05) is 160 Å². The van der Waals surface area contributed by atoms with Crippen molar-refractivity contribution >= 4 is 50.1 Å². The summed E-state index contributed by atoms with van der Waals surface area (Å²) in [6, 6.07) is 25.9. The molecule has 22 nitrogen and oxygen atoms in total. The summed E-state index contributed by atoms with van der Waals surface area (Å²) in [5.41, 5.74) is 18.3. The molecule has 134 heavy (non-hydrogen) atoms. The molecule has 7 fully saturated rings. The maximum Gasteiger partial charge on any atom is 0.241 e. The van der Waals surface area contributed by atoms with E-state index in [-0.39, 0.29) is 62.4 Å². The summed E-state index contributed by atoms with van der Waals surface area (Å²) < 4.78 is 156. The Bertz CT molecular complexity index is 5890. The van der Waals surface area contributed by atoms with Gasteiger partial charge in [-0.25, -0.2) is 67.4 Å². The molecular formula is C107H155N9O13S5. The fourth-order valence-electron chi connectivity index (χ4n) is 22.8. The predicted molar refractivity (Wildman–Crippen MR) is 538 cm³/mol. The van der Waals surface area contributed by atoms with Crippen LogP contribution in [0.5, 0.6) is 17.2 Å². The van der Waals surface area contributed by atoms with Crippen LogP contribution >= 0.6 is 0 Å². The summed E-state index contributed by atoms with van der Waals surface area (Å²) in [5, 5.41) is 22.5. The number of primary sulfonamides is 4. The van der Waals surface area contributed by atoms with E-state index >= 15 is 0 Å². The van der Waals surface area contributed by atoms with Gasteiger partial charge in [-0.3, -0.25) is 0 Å². The Morgan fingerprint density at radius 1 is 0.336 bits per heavy atom. The number of nitrogens with one attached hydrogen (secondary N) is 1. The number of benzene rings is 4. The minimum Gasteiger partial charge on any atom is -0.493 e. The summed E-state index contributed by atoms with van der Waals surface area (Å²) in [6.07, 6.45) is 34.8. The summed E-state index contributed by atoms with van der Waals surface area (Å²) in [4.78, 5) is 0.999. The number of ether oxygens (including phenoxy) is 3. The average Bonchev–Trinajstić information content (AvgIpc) is 1.55. The molecule has 7 heterocycles. The van der Waals surface area contributed by atoms with Crippen LogP contribution in [-0.4, -0.2) is 85.7 Å². The highest BCUT2D eigenvalue weighted by molar-refractivity contribution is 7.90. The molecule has 0 amide bonds. The Hall–Kier alpha value is -7.05. The first kappa shape index (κ1) is 101. The second kappa shape index (κ2) is 37.5. The second-order valence-electron chi connectivity index (χ2n) is 46.9. The third-order valence-corrected chi connectivity index (χ3v) is 37.5. The van der Waals surface area contributed by atoms with Crippen LogP contribution in [-0.2, 0) is 114 Å². The number of nitrogens with zero attached hydrogens (tertiary/aromatic N) is 4. The van der Waals surface area contributed by atoms with E-state index in [1.54, 1.807) is 52.0 Å². The topological polar surface area (TPSA) is 334 Å². The Morgan fingerprint density at radius 2 is 0.627 bits per heavy atom. The molecule has 8 aromatic rings. The maximum atomic E-state index is 13.3. The molecule has 4 aromatic carbocycles. The highest BCUT2D eigenvalue weighted by atomic mass is 32.2. The van der Waals surface area contributed by atoms with E-state index in [0.717, 1.165) is 145 Å². The molecule has 7 saturated carbocycles. The van der Waals surface area contributed by atoms with Gasteiger partial charge in [0.1, 0.15) is 36.8 Å². The lowest BCUT2D eigenvalue weighted by atomic mass is 9.74. The molecule has 10 aliphatic rings. The van der Waals surface area contributed by atoms with Gasteiger partial charge >= 0.3 is 0 Å². The first-order chi connectivity index (χ1) is 62.4. The van der Waals surface area contributed by atoms with Crippen molar-refractivity contribution in [1.29, 1.82) is 0 Å². The molecule has 0 atom stereocenters. The highest BCUT2D eigenvalue weighted by Crippen LogP contribution is 2.63. The van der Waals surface area contributed by atoms with Crippen LogP contribution in [0.4, 0.5) is 0 Å². The molecule has 9 N–H and O–H groups in total. The van der Waals surface area contributed by atoms with Crippen molar-refractivity contribution in [2.75, 3.05) is 19.8 Å². The molecular weight excluding hydrogens is 1780 g/mol. The molecule has 27 heteroatoms. The van der Waals surface area contributed by atoms with Crippen LogP contribution in [0.3, 0.4) is 0 Å². The molecule has 0 saturated heterocycles. The third-order valence-electron chi connectivity index (χ3n) is 31.6. The van der Waals surface area contributed by atoms with Crippen molar-refractivity contribution in [3.63, 3.8) is 0 Å². The summed E-state index contributed by atoms with van der Waals surface area (Å²) in [5.74, 6) is 5.36. The van der Waals surface area contributed by atoms with Crippen molar-refractivity contribution in [3.8, 4) is 62.3 Å². The average molecular weight is 1940 g/mol. The summed E-state index contributed by atoms with van der Waals surface area (Å²) in [6.45, 7) is 44.7. The first-order valence-corrected chi connectivity index (χ1v) is 57.6. The van der Waals surface area contributed by atoms with Crippen LogP contribution in [0.2, 0.25) is 0 Å². The molecule has 7 aliphatic carbocycles. The van der Waals surface area contributed by atoms with Gasteiger partial charge < -0.3 is 32.5 Å². The molecule has 2 spiro atoms. The lowest BCUT2D eigenvalue weighted by Crippen LogP contribution is -2.40. The largest absolute Gasteiger partial charge is 0.493 e. The number of hydrogen-bond donors (Lipinski definition) is 5. The fourth-order valence-corrected chi connectivity index (χ4v) is 27.5. The standard InChI is InChI=1S/C27H36N2O3S.C27H38N2O3S.C27H40N2O3S.C26H41N3O4S2/c1-18-24(33(28,30)31)16-23(29(18)17-19-6-4-3-5-7-19)20-14-21(26(2)8-9-26)25-22(15-20)27(10-11-27)12-13-32-25;1-18-24(33(28,30)31)16-23(29(18)17-19-8-6-5-7-9-19)20-14-21(26(2,3)4)25-22(15-20)27(10-11-27)12-13-32-25;1-18-24(33(28,30)31)16-23(29(18)17-19-10-8-7-9-11-19)20-14-21(26(2,3)4)25-22(15-20)27(5,6)12-13-32-25;1-18-24(34(27,30)31)16-23(29(18)17-19-11-9-8-10-12-19)20-13-21(25(2,3)4)15-22(14-20)35(32,33)28-26(5,6)7/h14-16,19H,3-13,17H2,1-2H3,(H2,28,30,31);14-16,19H,5-13,17H2,1-4H3,(H2,28,30,31);14-16,19H,7-13,17H2,1-6H3,(H2,28,30,31);13-16,19,28H,8-12,17H2,1-7H3,(H2,27,30,31). The van der Waals surface area contributed by atoms with Gasteiger partial charge in [0.25, 0.3) is 0 Å². The van der Waals surface area contributed by atoms with Gasteiger partial charge in [-0.15, -0.1) is 0 Å². The fraction of sp³-hybridized carbons (Fsp3) is 0.626. The molecule has 0 bridgehead atoms. The number of sulfonamides is 5. The summed E-state index contributed by atoms with van der Waals surface area (Å²) in [7, 11) is -19.1. The lowest BCUT2D eigenvalue weighted by molar-refractivity contribution is 0.228. The van der Waals surface area contributed by atoms with E-state index in [2.05, 4.69) is 117 Å². The molecule has 4 aromatic heterocycles. The van der Waals surface area contributed by atoms with Crippen molar-refractivity contribution < 1.29 is 56.3 Å². The van der Waals surface area contributed by atoms with E-state index < -0.39 is 55.7 Å². The van der Waals surface area contributed by atoms with Gasteiger partial charge in [0.15, 0.2) is 0 Å². The van der Waals surface area contributed by atoms with Crippen molar-refractivity contribution in [2.45, 2.75) is 412 Å². The van der Waals surface area contributed by atoms with Crippen molar-refractivity contribution in [3.05, 3.63) is 141 Å². The van der Waals surface area contributed by atoms with E-state index in [1.165, 1.54) is 187 Å². The molecule has 0 unspecified atom stereocenters. The zero-order chi connectivity index (χ0) is 97.2. The SMILES string of the molecule is Cc1c(S(N)(=O)=O)cc(-c2cc(C(C)(C)C)c3c(c2)C(C)(C)CCO3)n1CC1CCCCC1.Cc1c(S(N)(=O)=O)cc(-c2cc(C(C)(C)C)c3c(c2)C2(CCO3)CC2)n1CC1CCCCC1.Cc1c(S(N)(=O)=O)cc(-c2cc(C(C)(C)C)cc(S(=O)(=O)NC(C)(C)C)c2)n1CC1CCCCC1.Cc1c(S(N)(=O)=O)cc(-c2cc(C3(C)CC3)c3c(c2)C2(CCO3)CC2)n1CC1CCCCC1. The lowest BCUT2D eigenvalue weighted by Gasteiger charge is -2.37. The summed E-state index contributed by atoms with van der Waals surface area (Å²) >= 11 is 0. The minimum atomic E-state index is -3.94. The van der Waals surface area contributed by atoms with Crippen molar-refractivity contribution in [1.82, 2.24) is 23.0 Å². The van der Waals surface area contributed by atoms with E-state index in [9.17, 15) is 42.1 Å². The van der Waals surface area contributed by atoms with E-state index in [1.807, 2.05) is 64.3 Å². The van der Waals surface area contributed by atoms with Gasteiger partial charge in [0.2, 0.25) is 50.1 Å². The number of nitrogens with two attached hydrogens (primary N) is 4. The molecule has 736 valence electrons. The Morgan fingerprint density at radius 3 is 0.933 bits per heavy atom. The molecule has 3 aliphatic heterocycles. The zero-order valence-corrected chi connectivity index (χ0v) is 87.8. The Balaban J connectivity index is 0.000000136. The van der Waals surface area contributed by atoms with Gasteiger partial charge in [0, 0.05) is 121 Å². The number of rotatable bonds is 19. The minimum absolute atomic E-state index is 0.0117. The van der Waals surface area contributed by atoms with Gasteiger partial charge in [0.05, 0.1) is 24.7 Å². The second-order valence-corrected chi connectivity index (χ2v) is 54.7. The zero-order valence-electron chi connectivity index (χ0n) is 83.7. The highest BCUT2D eigenvalue weighted by Gasteiger charge is 2.53. The Kier molecular flexibility index (Phi) is 28.4. The molecule has 0 radical (unpaired) electrons. The van der Waals surface area contributed by atoms with Crippen LogP contribution in [0.1, 0.15) is 352 Å². The normalized spacial score (nSPS) is 19.8.